The van der Waals surface area contributed by atoms with Gasteiger partial charge in [0.25, 0.3) is 0 Å². The van der Waals surface area contributed by atoms with E-state index in [1.54, 1.807) is 11.3 Å². The number of rotatable bonds is 5. The van der Waals surface area contributed by atoms with E-state index < -0.39 is 0 Å². The Labute approximate surface area is 137 Å². The van der Waals surface area contributed by atoms with Crippen molar-refractivity contribution >= 4 is 33.2 Å². The first kappa shape index (κ1) is 15.4. The number of amides is 1. The van der Waals surface area contributed by atoms with Crippen LogP contribution in [0, 0.1) is 0 Å². The molecule has 3 rings (SSSR count). The van der Waals surface area contributed by atoms with Gasteiger partial charge in [-0.25, -0.2) is 0 Å². The molecule has 5 nitrogen and oxygen atoms in total. The lowest BCUT2D eigenvalue weighted by Gasteiger charge is -2.39. The summed E-state index contributed by atoms with van der Waals surface area (Å²) >= 11 is 5.16. The third kappa shape index (κ3) is 3.65. The highest BCUT2D eigenvalue weighted by Crippen LogP contribution is 2.31. The van der Waals surface area contributed by atoms with Crippen LogP contribution in [0.3, 0.4) is 0 Å². The van der Waals surface area contributed by atoms with Crippen molar-refractivity contribution in [2.45, 2.75) is 31.0 Å². The molecular formula is C14H20BrN3O2S. The Hall–Kier alpha value is -0.470. The number of nitrogens with one attached hydrogen (secondary N) is 1. The highest BCUT2D eigenvalue weighted by Gasteiger charge is 2.37. The quantitative estimate of drug-likeness (QED) is 0.820. The van der Waals surface area contributed by atoms with Gasteiger partial charge in [0, 0.05) is 33.9 Å². The van der Waals surface area contributed by atoms with E-state index >= 15 is 0 Å². The number of carbonyl (C=O) groups is 1. The molecule has 1 aliphatic carbocycles. The third-order valence-corrected chi connectivity index (χ3v) is 5.73. The molecule has 2 aliphatic rings. The predicted molar refractivity (Wildman–Crippen MR) is 86.3 cm³/mol. The van der Waals surface area contributed by atoms with Crippen LogP contribution in [0.4, 0.5) is 0 Å². The van der Waals surface area contributed by atoms with Crippen LogP contribution >= 0.6 is 27.3 Å². The summed E-state index contributed by atoms with van der Waals surface area (Å²) in [5.74, 6) is 0.0753. The van der Waals surface area contributed by atoms with Crippen molar-refractivity contribution in [2.75, 3.05) is 26.3 Å². The van der Waals surface area contributed by atoms with Crippen LogP contribution in [0.1, 0.15) is 23.8 Å². The number of hydrogen-bond donors (Lipinski definition) is 2. The first-order chi connectivity index (χ1) is 10.2. The maximum absolute atomic E-state index is 12.4. The molecule has 2 unspecified atom stereocenters. The molecule has 1 saturated heterocycles. The Morgan fingerprint density at radius 2 is 2.43 bits per heavy atom. The van der Waals surface area contributed by atoms with E-state index in [1.165, 1.54) is 4.88 Å². The summed E-state index contributed by atoms with van der Waals surface area (Å²) in [7, 11) is 0. The minimum atomic E-state index is -0.242. The number of morpholine rings is 1. The van der Waals surface area contributed by atoms with Crippen LogP contribution in [0.5, 0.6) is 0 Å². The molecule has 3 N–H and O–H groups in total. The summed E-state index contributed by atoms with van der Waals surface area (Å²) < 4.78 is 6.59. The van der Waals surface area contributed by atoms with Crippen molar-refractivity contribution in [1.29, 1.82) is 0 Å². The first-order valence-corrected chi connectivity index (χ1v) is 8.94. The maximum atomic E-state index is 12.4. The summed E-state index contributed by atoms with van der Waals surface area (Å²) in [5, 5.41) is 5.14. The van der Waals surface area contributed by atoms with Crippen molar-refractivity contribution in [1.82, 2.24) is 10.2 Å². The van der Waals surface area contributed by atoms with Crippen molar-refractivity contribution in [3.05, 3.63) is 20.8 Å². The number of thiophene rings is 1. The standard InChI is InChI=1S/C14H20BrN3O2S/c15-9-5-13(21-8-9)11(6-16)18-3-4-20-7-12(18)14(19)17-10-1-2-10/h5,8,10-12H,1-4,6-7,16H2,(H,17,19). The molecule has 0 spiro atoms. The van der Waals surface area contributed by atoms with E-state index in [0.717, 1.165) is 23.9 Å². The van der Waals surface area contributed by atoms with Gasteiger partial charge in [-0.3, -0.25) is 9.69 Å². The fourth-order valence-corrected chi connectivity index (χ4v) is 4.24. The second-order valence-electron chi connectivity index (χ2n) is 5.53. The van der Waals surface area contributed by atoms with Gasteiger partial charge in [0.15, 0.2) is 0 Å². The van der Waals surface area contributed by atoms with Crippen LogP contribution in [-0.4, -0.2) is 49.2 Å². The number of halogens is 1. The fourth-order valence-electron chi connectivity index (χ4n) is 2.66. The predicted octanol–water partition coefficient (Wildman–Crippen LogP) is 1.49. The Balaban J connectivity index is 1.76. The normalized spacial score (nSPS) is 24.8. The zero-order valence-electron chi connectivity index (χ0n) is 11.8. The lowest BCUT2D eigenvalue weighted by molar-refractivity contribution is -0.134. The van der Waals surface area contributed by atoms with Crippen molar-refractivity contribution in [2.24, 2.45) is 5.73 Å². The van der Waals surface area contributed by atoms with E-state index in [1.807, 2.05) is 0 Å². The number of hydrogen-bond acceptors (Lipinski definition) is 5. The van der Waals surface area contributed by atoms with Crippen molar-refractivity contribution in [3.63, 3.8) is 0 Å². The van der Waals surface area contributed by atoms with E-state index in [4.69, 9.17) is 10.5 Å². The molecule has 1 aromatic rings. The molecule has 0 aromatic carbocycles. The zero-order chi connectivity index (χ0) is 14.8. The van der Waals surface area contributed by atoms with Gasteiger partial charge in [-0.2, -0.15) is 0 Å². The molecule has 2 heterocycles. The highest BCUT2D eigenvalue weighted by atomic mass is 79.9. The van der Waals surface area contributed by atoms with E-state index in [9.17, 15) is 4.79 Å². The second-order valence-corrected chi connectivity index (χ2v) is 7.39. The van der Waals surface area contributed by atoms with Gasteiger partial charge in [-0.05, 0) is 34.8 Å². The topological polar surface area (TPSA) is 67.6 Å². The van der Waals surface area contributed by atoms with Crippen LogP contribution in [0.2, 0.25) is 0 Å². The van der Waals surface area contributed by atoms with Gasteiger partial charge in [-0.15, -0.1) is 11.3 Å². The van der Waals surface area contributed by atoms with Crippen molar-refractivity contribution in [3.8, 4) is 0 Å². The van der Waals surface area contributed by atoms with Gasteiger partial charge in [0.2, 0.25) is 5.91 Å². The molecule has 1 amide bonds. The van der Waals surface area contributed by atoms with Crippen LogP contribution in [0.25, 0.3) is 0 Å². The summed E-state index contributed by atoms with van der Waals surface area (Å²) in [4.78, 5) is 15.8. The average molecular weight is 374 g/mol. The Morgan fingerprint density at radius 3 is 3.05 bits per heavy atom. The molecular weight excluding hydrogens is 354 g/mol. The third-order valence-electron chi connectivity index (χ3n) is 3.94. The molecule has 0 bridgehead atoms. The van der Waals surface area contributed by atoms with Crippen molar-refractivity contribution < 1.29 is 9.53 Å². The molecule has 2 atom stereocenters. The van der Waals surface area contributed by atoms with Gasteiger partial charge >= 0.3 is 0 Å². The Morgan fingerprint density at radius 1 is 1.62 bits per heavy atom. The molecule has 21 heavy (non-hydrogen) atoms. The van der Waals surface area contributed by atoms with E-state index in [0.29, 0.717) is 25.8 Å². The Bertz CT molecular complexity index is 506. The smallest absolute Gasteiger partial charge is 0.239 e. The number of nitrogens with two attached hydrogens (primary N) is 1. The average Bonchev–Trinajstić information content (AvgIpc) is 3.20. The minimum absolute atomic E-state index is 0.0696. The van der Waals surface area contributed by atoms with Gasteiger partial charge in [0.05, 0.1) is 19.3 Å². The monoisotopic (exact) mass is 373 g/mol. The SMILES string of the molecule is NCC(c1cc(Br)cs1)N1CCOCC1C(=O)NC1CC1. The van der Waals surface area contributed by atoms with Gasteiger partial charge in [0.1, 0.15) is 6.04 Å². The molecule has 1 aromatic heterocycles. The van der Waals surface area contributed by atoms with Gasteiger partial charge < -0.3 is 15.8 Å². The molecule has 0 radical (unpaired) electrons. The summed E-state index contributed by atoms with van der Waals surface area (Å²) in [6.07, 6.45) is 2.19. The summed E-state index contributed by atoms with van der Waals surface area (Å²) in [6, 6.07) is 2.29. The molecule has 1 aliphatic heterocycles. The molecule has 7 heteroatoms. The summed E-state index contributed by atoms with van der Waals surface area (Å²) in [6.45, 7) is 2.33. The molecule has 116 valence electrons. The van der Waals surface area contributed by atoms with Crippen LogP contribution in [0.15, 0.2) is 15.9 Å². The lowest BCUT2D eigenvalue weighted by atomic mass is 10.1. The lowest BCUT2D eigenvalue weighted by Crippen LogP contribution is -2.56. The van der Waals surface area contributed by atoms with E-state index in [-0.39, 0.29) is 18.0 Å². The molecule has 1 saturated carbocycles. The number of carbonyl (C=O) groups excluding carboxylic acids is 1. The number of ether oxygens (including phenoxy) is 1. The Kier molecular flexibility index (Phi) is 4.96. The number of nitrogens with zero attached hydrogens (tertiary/aromatic N) is 1. The maximum Gasteiger partial charge on any atom is 0.239 e. The molecule has 2 fully saturated rings. The van der Waals surface area contributed by atoms with Gasteiger partial charge in [-0.1, -0.05) is 0 Å². The summed E-state index contributed by atoms with van der Waals surface area (Å²) in [5.41, 5.74) is 6.00. The second kappa shape index (κ2) is 6.75. The highest BCUT2D eigenvalue weighted by molar-refractivity contribution is 9.10. The largest absolute Gasteiger partial charge is 0.378 e. The van der Waals surface area contributed by atoms with Crippen LogP contribution < -0.4 is 11.1 Å². The fraction of sp³-hybridized carbons (Fsp3) is 0.643. The zero-order valence-corrected chi connectivity index (χ0v) is 14.2. The minimum Gasteiger partial charge on any atom is -0.378 e. The first-order valence-electron chi connectivity index (χ1n) is 7.27. The van der Waals surface area contributed by atoms with Crippen LogP contribution in [-0.2, 0) is 9.53 Å². The van der Waals surface area contributed by atoms with E-state index in [2.05, 4.69) is 37.6 Å².